The van der Waals surface area contributed by atoms with Crippen molar-refractivity contribution >= 4 is 29.8 Å². The summed E-state index contributed by atoms with van der Waals surface area (Å²) in [6, 6.07) is 5.21. The summed E-state index contributed by atoms with van der Waals surface area (Å²) in [4.78, 5) is 23.5. The zero-order valence-electron chi connectivity index (χ0n) is 11.6. The van der Waals surface area contributed by atoms with Gasteiger partial charge in [0.25, 0.3) is 5.79 Å². The van der Waals surface area contributed by atoms with Crippen LogP contribution >= 0.6 is 11.8 Å². The fraction of sp³-hybridized carbons (Fsp3) is 0.286. The Morgan fingerprint density at radius 2 is 1.55 bits per heavy atom. The zero-order valence-corrected chi connectivity index (χ0v) is 12.4. The first-order valence-electron chi connectivity index (χ1n) is 6.10. The number of ether oxygens (including phenoxy) is 2. The molecule has 4 nitrogen and oxygen atoms in total. The van der Waals surface area contributed by atoms with Crippen LogP contribution in [0.5, 0.6) is 0 Å². The Hall–Kier alpha value is -1.96. The Morgan fingerprint density at radius 3 is 2.00 bits per heavy atom. The standard InChI is InChI=1S/C14H11F3O4S/c1-13(2)20-11(18)10(12(19)21-13)7-8-3-5-9(6-4-8)22-14(15,16)17/h3-7H,1-2H3. The van der Waals surface area contributed by atoms with Gasteiger partial charge in [0.05, 0.1) is 0 Å². The molecule has 1 saturated heterocycles. The van der Waals surface area contributed by atoms with Crippen molar-refractivity contribution in [2.24, 2.45) is 0 Å². The van der Waals surface area contributed by atoms with E-state index in [4.69, 9.17) is 9.47 Å². The number of halogens is 3. The number of alkyl halides is 3. The minimum absolute atomic E-state index is 0.00424. The molecule has 1 heterocycles. The third-order valence-electron chi connectivity index (χ3n) is 2.54. The highest BCUT2D eigenvalue weighted by atomic mass is 32.2. The van der Waals surface area contributed by atoms with Gasteiger partial charge in [-0.15, -0.1) is 0 Å². The molecule has 1 aromatic rings. The fourth-order valence-electron chi connectivity index (χ4n) is 1.71. The molecule has 1 fully saturated rings. The van der Waals surface area contributed by atoms with Crippen LogP contribution in [0.4, 0.5) is 13.2 Å². The van der Waals surface area contributed by atoms with Crippen LogP contribution in [0.2, 0.25) is 0 Å². The van der Waals surface area contributed by atoms with Crippen molar-refractivity contribution in [3.63, 3.8) is 0 Å². The number of hydrogen-bond donors (Lipinski definition) is 0. The normalized spacial score (nSPS) is 17.8. The van der Waals surface area contributed by atoms with E-state index in [2.05, 4.69) is 0 Å². The molecule has 22 heavy (non-hydrogen) atoms. The lowest BCUT2D eigenvalue weighted by molar-refractivity contribution is -0.222. The van der Waals surface area contributed by atoms with Crippen LogP contribution in [0.1, 0.15) is 19.4 Å². The van der Waals surface area contributed by atoms with Gasteiger partial charge in [-0.1, -0.05) is 12.1 Å². The van der Waals surface area contributed by atoms with E-state index in [1.807, 2.05) is 0 Å². The Labute approximate surface area is 128 Å². The Bertz CT molecular complexity index is 610. The molecule has 0 saturated carbocycles. The lowest BCUT2D eigenvalue weighted by Gasteiger charge is -2.29. The summed E-state index contributed by atoms with van der Waals surface area (Å²) in [5.74, 6) is -3.01. The van der Waals surface area contributed by atoms with E-state index in [1.165, 1.54) is 44.2 Å². The third kappa shape index (κ3) is 4.27. The maximum absolute atomic E-state index is 12.2. The third-order valence-corrected chi connectivity index (χ3v) is 3.28. The minimum atomic E-state index is -4.37. The van der Waals surface area contributed by atoms with Crippen molar-refractivity contribution in [2.75, 3.05) is 0 Å². The summed E-state index contributed by atoms with van der Waals surface area (Å²) in [6.45, 7) is 2.84. The van der Waals surface area contributed by atoms with Crippen LogP contribution in [0.15, 0.2) is 34.7 Å². The van der Waals surface area contributed by atoms with Gasteiger partial charge in [0.2, 0.25) is 0 Å². The molecule has 0 aromatic heterocycles. The summed E-state index contributed by atoms with van der Waals surface area (Å²) in [6.07, 6.45) is 1.21. The number of esters is 2. The number of hydrogen-bond acceptors (Lipinski definition) is 5. The van der Waals surface area contributed by atoms with Gasteiger partial charge in [0.15, 0.2) is 0 Å². The second-order valence-electron chi connectivity index (χ2n) is 4.85. The molecule has 0 atom stereocenters. The number of carbonyl (C=O) groups excluding carboxylic acids is 2. The molecule has 0 unspecified atom stereocenters. The van der Waals surface area contributed by atoms with Crippen molar-refractivity contribution in [1.29, 1.82) is 0 Å². The number of benzene rings is 1. The first kappa shape index (κ1) is 16.4. The Morgan fingerprint density at radius 1 is 1.05 bits per heavy atom. The molecule has 1 aromatic carbocycles. The van der Waals surface area contributed by atoms with Crippen molar-refractivity contribution in [2.45, 2.75) is 30.0 Å². The van der Waals surface area contributed by atoms with Crippen molar-refractivity contribution in [1.82, 2.24) is 0 Å². The highest BCUT2D eigenvalue weighted by molar-refractivity contribution is 8.00. The lowest BCUT2D eigenvalue weighted by atomic mass is 10.1. The van der Waals surface area contributed by atoms with Gasteiger partial charge in [-0.2, -0.15) is 13.2 Å². The van der Waals surface area contributed by atoms with Crippen LogP contribution in [0, 0.1) is 0 Å². The molecule has 1 aliphatic rings. The molecular weight excluding hydrogens is 321 g/mol. The number of rotatable bonds is 2. The predicted octanol–water partition coefficient (Wildman–Crippen LogP) is 3.52. The first-order valence-corrected chi connectivity index (χ1v) is 6.92. The molecule has 0 aliphatic carbocycles. The van der Waals surface area contributed by atoms with E-state index >= 15 is 0 Å². The summed E-state index contributed by atoms with van der Waals surface area (Å²) >= 11 is -0.248. The quantitative estimate of drug-likeness (QED) is 0.359. The van der Waals surface area contributed by atoms with Gasteiger partial charge in [0, 0.05) is 18.7 Å². The van der Waals surface area contributed by atoms with Crippen molar-refractivity contribution in [3.05, 3.63) is 35.4 Å². The van der Waals surface area contributed by atoms with Crippen molar-refractivity contribution < 1.29 is 32.2 Å². The fourth-order valence-corrected chi connectivity index (χ4v) is 2.25. The number of cyclic esters (lactones) is 2. The molecule has 2 rings (SSSR count). The van der Waals surface area contributed by atoms with Gasteiger partial charge in [-0.3, -0.25) is 0 Å². The molecule has 0 N–H and O–H groups in total. The van der Waals surface area contributed by atoms with E-state index in [-0.39, 0.29) is 22.2 Å². The van der Waals surface area contributed by atoms with E-state index in [0.29, 0.717) is 5.56 Å². The maximum atomic E-state index is 12.2. The summed E-state index contributed by atoms with van der Waals surface area (Å²) < 4.78 is 46.5. The Balaban J connectivity index is 2.19. The number of thioether (sulfide) groups is 1. The van der Waals surface area contributed by atoms with Crippen LogP contribution in [-0.2, 0) is 19.1 Å². The molecule has 118 valence electrons. The zero-order chi connectivity index (χ0) is 16.5. The van der Waals surface area contributed by atoms with E-state index in [1.54, 1.807) is 0 Å². The van der Waals surface area contributed by atoms with Crippen LogP contribution < -0.4 is 0 Å². The van der Waals surface area contributed by atoms with Gasteiger partial charge in [-0.25, -0.2) is 9.59 Å². The molecule has 0 radical (unpaired) electrons. The summed E-state index contributed by atoms with van der Waals surface area (Å²) in [5, 5.41) is 0. The molecule has 8 heteroatoms. The second kappa shape index (κ2) is 5.68. The smallest absolute Gasteiger partial charge is 0.419 e. The van der Waals surface area contributed by atoms with Gasteiger partial charge < -0.3 is 9.47 Å². The largest absolute Gasteiger partial charge is 0.446 e. The summed E-state index contributed by atoms with van der Waals surface area (Å²) in [5.41, 5.74) is -4.30. The van der Waals surface area contributed by atoms with E-state index in [0.717, 1.165) is 0 Å². The molecule has 1 aliphatic heterocycles. The molecular formula is C14H11F3O4S. The number of carbonyl (C=O) groups is 2. The average Bonchev–Trinajstić information content (AvgIpc) is 2.33. The van der Waals surface area contributed by atoms with E-state index < -0.39 is 23.2 Å². The second-order valence-corrected chi connectivity index (χ2v) is 5.99. The van der Waals surface area contributed by atoms with Crippen LogP contribution in [0.25, 0.3) is 6.08 Å². The monoisotopic (exact) mass is 332 g/mol. The highest BCUT2D eigenvalue weighted by Crippen LogP contribution is 2.36. The van der Waals surface area contributed by atoms with Crippen molar-refractivity contribution in [3.8, 4) is 0 Å². The van der Waals surface area contributed by atoms with E-state index in [9.17, 15) is 22.8 Å². The Kier molecular flexibility index (Phi) is 4.23. The lowest BCUT2D eigenvalue weighted by Crippen LogP contribution is -2.41. The molecule has 0 amide bonds. The maximum Gasteiger partial charge on any atom is 0.446 e. The topological polar surface area (TPSA) is 52.6 Å². The van der Waals surface area contributed by atoms with Crippen LogP contribution in [0.3, 0.4) is 0 Å². The van der Waals surface area contributed by atoms with Crippen LogP contribution in [-0.4, -0.2) is 23.2 Å². The predicted molar refractivity (Wildman–Crippen MR) is 72.6 cm³/mol. The first-order chi connectivity index (χ1) is 10.1. The summed E-state index contributed by atoms with van der Waals surface area (Å²) in [7, 11) is 0. The SMILES string of the molecule is CC1(C)OC(=O)C(=Cc2ccc(SC(F)(F)F)cc2)C(=O)O1. The van der Waals surface area contributed by atoms with Gasteiger partial charge in [-0.05, 0) is 35.5 Å². The van der Waals surface area contributed by atoms with Gasteiger partial charge in [0.1, 0.15) is 5.57 Å². The average molecular weight is 332 g/mol. The van der Waals surface area contributed by atoms with Gasteiger partial charge >= 0.3 is 17.4 Å². The molecule has 0 bridgehead atoms. The molecule has 0 spiro atoms. The highest BCUT2D eigenvalue weighted by Gasteiger charge is 2.38. The minimum Gasteiger partial charge on any atom is -0.419 e.